The number of benzene rings is 3. The minimum Gasteiger partial charge on any atom is -0.445 e. The number of carbonyl (C=O) groups is 1. The molecule has 3 aromatic carbocycles. The zero-order valence-corrected chi connectivity index (χ0v) is 18.9. The molecule has 0 aliphatic rings. The molecule has 0 aliphatic heterocycles. The lowest BCUT2D eigenvalue weighted by Crippen LogP contribution is -2.41. The van der Waals surface area contributed by atoms with E-state index in [1.165, 1.54) is 5.57 Å². The van der Waals surface area contributed by atoms with Gasteiger partial charge in [0.2, 0.25) is 0 Å². The Labute approximate surface area is 191 Å². The van der Waals surface area contributed by atoms with E-state index in [-0.39, 0.29) is 6.61 Å². The highest BCUT2D eigenvalue weighted by Gasteiger charge is 2.34. The van der Waals surface area contributed by atoms with Gasteiger partial charge in [0.1, 0.15) is 6.61 Å². The molecule has 0 saturated carbocycles. The van der Waals surface area contributed by atoms with E-state index in [0.29, 0.717) is 13.0 Å². The molecule has 1 amide bonds. The largest absolute Gasteiger partial charge is 0.445 e. The van der Waals surface area contributed by atoms with Gasteiger partial charge in [-0.2, -0.15) is 0 Å². The van der Waals surface area contributed by atoms with Crippen molar-refractivity contribution in [1.82, 2.24) is 5.32 Å². The third kappa shape index (κ3) is 6.23. The van der Waals surface area contributed by atoms with Crippen molar-refractivity contribution in [1.29, 1.82) is 0 Å². The van der Waals surface area contributed by atoms with Gasteiger partial charge in [-0.3, -0.25) is 0 Å². The van der Waals surface area contributed by atoms with Gasteiger partial charge in [0.05, 0.1) is 0 Å². The second-order valence-electron chi connectivity index (χ2n) is 7.92. The summed E-state index contributed by atoms with van der Waals surface area (Å²) < 4.78 is 5.48. The number of carbonyl (C=O) groups excluding carboxylic acids is 1. The Morgan fingerprint density at radius 1 is 0.906 bits per heavy atom. The maximum absolute atomic E-state index is 12.6. The average molecular weight is 426 g/mol. The molecule has 0 spiro atoms. The summed E-state index contributed by atoms with van der Waals surface area (Å²) in [5.41, 5.74) is 7.42. The van der Waals surface area contributed by atoms with E-state index in [1.807, 2.05) is 66.7 Å². The van der Waals surface area contributed by atoms with Crippen LogP contribution in [0.5, 0.6) is 0 Å². The van der Waals surface area contributed by atoms with Crippen molar-refractivity contribution in [2.45, 2.75) is 38.7 Å². The Morgan fingerprint density at radius 3 is 1.97 bits per heavy atom. The second-order valence-corrected chi connectivity index (χ2v) is 7.92. The number of hydrogen-bond acceptors (Lipinski definition) is 2. The summed E-state index contributed by atoms with van der Waals surface area (Å²) in [4.78, 5) is 12.6. The fourth-order valence-corrected chi connectivity index (χ4v) is 3.69. The number of hydrogen-bond donors (Lipinski definition) is 1. The van der Waals surface area contributed by atoms with Crippen molar-refractivity contribution in [3.8, 4) is 0 Å². The molecule has 0 aliphatic carbocycles. The van der Waals surface area contributed by atoms with Crippen LogP contribution in [0.4, 0.5) is 4.79 Å². The van der Waals surface area contributed by atoms with Crippen molar-refractivity contribution >= 4 is 6.09 Å². The maximum Gasteiger partial charge on any atom is 0.407 e. The highest BCUT2D eigenvalue weighted by atomic mass is 16.5. The number of nitrogens with one attached hydrogen (secondary N) is 1. The van der Waals surface area contributed by atoms with Gasteiger partial charge in [-0.15, -0.1) is 5.73 Å². The number of allylic oxidation sites excluding steroid dienone is 1. The highest BCUT2D eigenvalue weighted by Crippen LogP contribution is 2.35. The molecule has 1 N–H and O–H groups in total. The fraction of sp³-hybridized carbons (Fsp3) is 0.241. The Hall–Kier alpha value is -3.55. The lowest BCUT2D eigenvalue weighted by molar-refractivity contribution is 0.137. The zero-order chi connectivity index (χ0) is 22.7. The SMILES string of the molecule is CCC(C)=C=CCC(CNC(=O)OCc1ccccc1)(c1ccccc1)c1ccccc1. The van der Waals surface area contributed by atoms with Gasteiger partial charge in [-0.05, 0) is 48.1 Å². The predicted molar refractivity (Wildman–Crippen MR) is 130 cm³/mol. The molecule has 32 heavy (non-hydrogen) atoms. The first-order valence-corrected chi connectivity index (χ1v) is 11.1. The summed E-state index contributed by atoms with van der Waals surface area (Å²) in [7, 11) is 0. The minimum atomic E-state index is -0.435. The molecule has 3 rings (SSSR count). The molecule has 0 aromatic heterocycles. The first-order valence-electron chi connectivity index (χ1n) is 11.1. The summed E-state index contributed by atoms with van der Waals surface area (Å²) in [5.74, 6) is 0. The Bertz CT molecular complexity index is 997. The molecule has 164 valence electrons. The van der Waals surface area contributed by atoms with Gasteiger partial charge in [0, 0.05) is 12.0 Å². The van der Waals surface area contributed by atoms with Crippen molar-refractivity contribution in [2.75, 3.05) is 6.54 Å². The van der Waals surface area contributed by atoms with Crippen LogP contribution in [-0.2, 0) is 16.8 Å². The molecule has 0 fully saturated rings. The first kappa shape index (κ1) is 23.1. The Balaban J connectivity index is 1.88. The zero-order valence-electron chi connectivity index (χ0n) is 18.9. The highest BCUT2D eigenvalue weighted by molar-refractivity contribution is 5.67. The summed E-state index contributed by atoms with van der Waals surface area (Å²) >= 11 is 0. The van der Waals surface area contributed by atoms with Crippen LogP contribution in [0.1, 0.15) is 43.4 Å². The molecule has 0 heterocycles. The summed E-state index contributed by atoms with van der Waals surface area (Å²) in [6, 6.07) is 30.4. The molecule has 0 radical (unpaired) electrons. The van der Waals surface area contributed by atoms with E-state index in [1.54, 1.807) is 0 Å². The molecule has 0 saturated heterocycles. The molecule has 3 nitrogen and oxygen atoms in total. The smallest absolute Gasteiger partial charge is 0.407 e. The number of rotatable bonds is 9. The molecule has 3 heteroatoms. The molecule has 3 aromatic rings. The molecule has 0 unspecified atom stereocenters. The van der Waals surface area contributed by atoms with Crippen molar-refractivity contribution < 1.29 is 9.53 Å². The van der Waals surface area contributed by atoms with Gasteiger partial charge < -0.3 is 10.1 Å². The Kier molecular flexibility index (Phi) is 8.48. The van der Waals surface area contributed by atoms with Crippen LogP contribution in [0.3, 0.4) is 0 Å². The van der Waals surface area contributed by atoms with Crippen LogP contribution in [0.25, 0.3) is 0 Å². The summed E-state index contributed by atoms with van der Waals surface area (Å²) in [6.07, 6.45) is 3.34. The lowest BCUT2D eigenvalue weighted by Gasteiger charge is -2.34. The van der Waals surface area contributed by atoms with Crippen LogP contribution in [0, 0.1) is 0 Å². The summed E-state index contributed by atoms with van der Waals surface area (Å²) in [6.45, 7) is 4.87. The molecular weight excluding hydrogens is 394 g/mol. The standard InChI is InChI=1S/C29H31NO2/c1-3-24(2)14-13-21-29(26-17-9-5-10-18-26,27-19-11-6-12-20-27)23-30-28(31)32-22-25-15-7-4-8-16-25/h4-13,15-20H,3,21-23H2,1-2H3,(H,30,31). The van der Waals surface area contributed by atoms with Crippen LogP contribution in [-0.4, -0.2) is 12.6 Å². The van der Waals surface area contributed by atoms with E-state index in [2.05, 4.69) is 55.2 Å². The summed E-state index contributed by atoms with van der Waals surface area (Å²) in [5, 5.41) is 3.03. The van der Waals surface area contributed by atoms with E-state index >= 15 is 0 Å². The van der Waals surface area contributed by atoms with Gasteiger partial charge in [0.25, 0.3) is 0 Å². The molecule has 0 atom stereocenters. The minimum absolute atomic E-state index is 0.245. The quantitative estimate of drug-likeness (QED) is 0.383. The van der Waals surface area contributed by atoms with E-state index in [0.717, 1.165) is 23.1 Å². The van der Waals surface area contributed by atoms with E-state index in [4.69, 9.17) is 4.74 Å². The van der Waals surface area contributed by atoms with Gasteiger partial charge in [-0.1, -0.05) is 97.9 Å². The topological polar surface area (TPSA) is 38.3 Å². The third-order valence-corrected chi connectivity index (χ3v) is 5.73. The Morgan fingerprint density at radius 2 is 1.44 bits per heavy atom. The average Bonchev–Trinajstić information content (AvgIpc) is 2.86. The van der Waals surface area contributed by atoms with Crippen LogP contribution in [0.15, 0.2) is 108 Å². The van der Waals surface area contributed by atoms with Crippen molar-refractivity contribution in [3.63, 3.8) is 0 Å². The molecular formula is C29H31NO2. The predicted octanol–water partition coefficient (Wildman–Crippen LogP) is 6.80. The second kappa shape index (κ2) is 11.7. The third-order valence-electron chi connectivity index (χ3n) is 5.73. The number of alkyl carbamates (subject to hydrolysis) is 1. The normalized spacial score (nSPS) is 10.7. The van der Waals surface area contributed by atoms with Gasteiger partial charge in [-0.25, -0.2) is 4.79 Å². The van der Waals surface area contributed by atoms with Crippen LogP contribution < -0.4 is 5.32 Å². The number of ether oxygens (including phenoxy) is 1. The fourth-order valence-electron chi connectivity index (χ4n) is 3.69. The van der Waals surface area contributed by atoms with Gasteiger partial charge >= 0.3 is 6.09 Å². The van der Waals surface area contributed by atoms with E-state index < -0.39 is 11.5 Å². The van der Waals surface area contributed by atoms with Crippen LogP contribution >= 0.6 is 0 Å². The van der Waals surface area contributed by atoms with Crippen LogP contribution in [0.2, 0.25) is 0 Å². The number of amides is 1. The van der Waals surface area contributed by atoms with Crippen molar-refractivity contribution in [2.24, 2.45) is 0 Å². The first-order chi connectivity index (χ1) is 15.6. The lowest BCUT2D eigenvalue weighted by atomic mass is 9.72. The monoisotopic (exact) mass is 425 g/mol. The van der Waals surface area contributed by atoms with Gasteiger partial charge in [0.15, 0.2) is 0 Å². The van der Waals surface area contributed by atoms with E-state index in [9.17, 15) is 4.79 Å². The molecule has 0 bridgehead atoms. The maximum atomic E-state index is 12.6. The van der Waals surface area contributed by atoms with Crippen molar-refractivity contribution in [3.05, 3.63) is 125 Å².